The Morgan fingerprint density at radius 1 is 1.50 bits per heavy atom. The molecule has 1 aromatic rings. The van der Waals surface area contributed by atoms with E-state index in [0.29, 0.717) is 13.1 Å². The van der Waals surface area contributed by atoms with E-state index in [2.05, 4.69) is 36.7 Å². The van der Waals surface area contributed by atoms with Gasteiger partial charge in [-0.3, -0.25) is 0 Å². The molecule has 1 atom stereocenters. The fourth-order valence-corrected chi connectivity index (χ4v) is 2.42. The quantitative estimate of drug-likeness (QED) is 0.681. The van der Waals surface area contributed by atoms with Crippen LogP contribution in [-0.4, -0.2) is 38.5 Å². The Balaban J connectivity index is 3.24. The van der Waals surface area contributed by atoms with Crippen LogP contribution in [0, 0.1) is 0 Å². The molecule has 1 rings (SSSR count). The fourth-order valence-electron chi connectivity index (χ4n) is 2.42. The Bertz CT molecular complexity index is 421. The Morgan fingerprint density at radius 2 is 2.25 bits per heavy atom. The van der Waals surface area contributed by atoms with Gasteiger partial charge in [0, 0.05) is 30.4 Å². The van der Waals surface area contributed by atoms with Gasteiger partial charge in [0.1, 0.15) is 5.75 Å². The number of aliphatic hydroxyl groups is 1. The van der Waals surface area contributed by atoms with Crippen LogP contribution in [0.3, 0.4) is 0 Å². The van der Waals surface area contributed by atoms with Crippen molar-refractivity contribution in [3.63, 3.8) is 0 Å². The molecule has 1 aromatic carbocycles. The lowest BCUT2D eigenvalue weighted by Gasteiger charge is -2.29. The number of hydrogen-bond donors (Lipinski definition) is 2. The summed E-state index contributed by atoms with van der Waals surface area (Å²) in [5.41, 5.74) is 2.19. The molecular weight excluding hydrogens is 252 g/mol. The van der Waals surface area contributed by atoms with Crippen LogP contribution in [-0.2, 0) is 0 Å². The largest absolute Gasteiger partial charge is 0.496 e. The molecule has 2 N–H and O–H groups in total. The first-order chi connectivity index (χ1) is 9.69. The number of rotatable bonds is 9. The van der Waals surface area contributed by atoms with Crippen molar-refractivity contribution in [3.8, 4) is 5.75 Å². The number of aliphatic hydroxyl groups excluding tert-OH is 1. The zero-order valence-corrected chi connectivity index (χ0v) is 12.7. The highest BCUT2D eigenvalue weighted by Gasteiger charge is 2.18. The third kappa shape index (κ3) is 3.99. The molecule has 0 fully saturated rings. The second kappa shape index (κ2) is 8.61. The molecule has 1 unspecified atom stereocenters. The molecule has 0 amide bonds. The Kier molecular flexibility index (Phi) is 7.12. The summed E-state index contributed by atoms with van der Waals surface area (Å²) in [4.78, 5) is 2.11. The molecule has 0 radical (unpaired) electrons. The maximum absolute atomic E-state index is 9.26. The molecule has 0 spiro atoms. The molecule has 0 aliphatic rings. The van der Waals surface area contributed by atoms with Crippen molar-refractivity contribution in [2.45, 2.75) is 19.9 Å². The van der Waals surface area contributed by atoms with Gasteiger partial charge in [0.2, 0.25) is 0 Å². The number of benzene rings is 1. The summed E-state index contributed by atoms with van der Waals surface area (Å²) in [6.45, 7) is 10.3. The minimum Gasteiger partial charge on any atom is -0.496 e. The lowest BCUT2D eigenvalue weighted by Crippen LogP contribution is -2.29. The average molecular weight is 278 g/mol. The van der Waals surface area contributed by atoms with Crippen LogP contribution in [0.1, 0.15) is 25.5 Å². The van der Waals surface area contributed by atoms with Gasteiger partial charge in [-0.25, -0.2) is 0 Å². The maximum Gasteiger partial charge on any atom is 0.125 e. The summed E-state index contributed by atoms with van der Waals surface area (Å²) in [5.74, 6) is 0.864. The fraction of sp³-hybridized carbons (Fsp3) is 0.500. The molecule has 4 nitrogen and oxygen atoms in total. The average Bonchev–Trinajstić information content (AvgIpc) is 2.46. The number of nitrogens with zero attached hydrogens (tertiary/aromatic N) is 1. The minimum absolute atomic E-state index is 0.111. The van der Waals surface area contributed by atoms with Gasteiger partial charge in [0.05, 0.1) is 13.7 Å². The highest BCUT2D eigenvalue weighted by Crippen LogP contribution is 2.34. The van der Waals surface area contributed by atoms with Crippen LogP contribution in [0.5, 0.6) is 5.75 Å². The zero-order chi connectivity index (χ0) is 15.0. The summed E-state index contributed by atoms with van der Waals surface area (Å²) in [5, 5.41) is 12.7. The topological polar surface area (TPSA) is 44.7 Å². The van der Waals surface area contributed by atoms with Crippen molar-refractivity contribution >= 4 is 5.69 Å². The molecule has 0 aliphatic heterocycles. The van der Waals surface area contributed by atoms with Crippen LogP contribution in [0.25, 0.3) is 0 Å². The summed E-state index contributed by atoms with van der Waals surface area (Å²) in [6.07, 6.45) is 1.84. The normalized spacial score (nSPS) is 12.0. The lowest BCUT2D eigenvalue weighted by atomic mass is 10.0. The van der Waals surface area contributed by atoms with Crippen LogP contribution >= 0.6 is 0 Å². The number of anilines is 1. The Labute approximate surface area is 122 Å². The van der Waals surface area contributed by atoms with E-state index in [9.17, 15) is 5.11 Å². The number of ether oxygens (including phenoxy) is 1. The van der Waals surface area contributed by atoms with E-state index >= 15 is 0 Å². The van der Waals surface area contributed by atoms with Crippen LogP contribution in [0.4, 0.5) is 5.69 Å². The second-order valence-corrected chi connectivity index (χ2v) is 4.63. The summed E-state index contributed by atoms with van der Waals surface area (Å²) in [7, 11) is 1.69. The number of hydrogen-bond acceptors (Lipinski definition) is 4. The van der Waals surface area contributed by atoms with Gasteiger partial charge in [-0.05, 0) is 25.6 Å². The molecule has 112 valence electrons. The monoisotopic (exact) mass is 278 g/mol. The van der Waals surface area contributed by atoms with Gasteiger partial charge in [-0.15, -0.1) is 6.58 Å². The maximum atomic E-state index is 9.26. The zero-order valence-electron chi connectivity index (χ0n) is 12.7. The summed E-state index contributed by atoms with van der Waals surface area (Å²) >= 11 is 0. The van der Waals surface area contributed by atoms with Crippen molar-refractivity contribution in [2.24, 2.45) is 0 Å². The summed E-state index contributed by atoms with van der Waals surface area (Å²) < 4.78 is 5.50. The van der Waals surface area contributed by atoms with Gasteiger partial charge in [-0.2, -0.15) is 0 Å². The van der Waals surface area contributed by atoms with E-state index in [1.165, 1.54) is 0 Å². The highest BCUT2D eigenvalue weighted by atomic mass is 16.5. The molecule has 0 saturated carbocycles. The van der Waals surface area contributed by atoms with Crippen molar-refractivity contribution in [1.82, 2.24) is 5.32 Å². The first-order valence-electron chi connectivity index (χ1n) is 7.06. The van der Waals surface area contributed by atoms with Crippen molar-refractivity contribution in [2.75, 3.05) is 38.3 Å². The smallest absolute Gasteiger partial charge is 0.125 e. The molecule has 4 heteroatoms. The second-order valence-electron chi connectivity index (χ2n) is 4.63. The lowest BCUT2D eigenvalue weighted by molar-refractivity contribution is 0.302. The standard InChI is InChI=1S/C16H26N2O2/c1-5-10-18(11-12-19)14-8-7-9-15(20-4)16(14)13(3)17-6-2/h5,7-9,13,17,19H,1,6,10-12H2,2-4H3. The SMILES string of the molecule is C=CCN(CCO)c1cccc(OC)c1C(C)NCC. The Hall–Kier alpha value is -1.52. The molecular formula is C16H26N2O2. The van der Waals surface area contributed by atoms with E-state index < -0.39 is 0 Å². The number of nitrogens with one attached hydrogen (secondary N) is 1. The molecule has 0 aromatic heterocycles. The van der Waals surface area contributed by atoms with Crippen LogP contribution < -0.4 is 15.0 Å². The van der Waals surface area contributed by atoms with Gasteiger partial charge < -0.3 is 20.1 Å². The number of methoxy groups -OCH3 is 1. The van der Waals surface area contributed by atoms with E-state index in [-0.39, 0.29) is 12.6 Å². The predicted octanol–water partition coefficient (Wildman–Crippen LogP) is 2.35. The highest BCUT2D eigenvalue weighted by molar-refractivity contribution is 5.61. The van der Waals surface area contributed by atoms with Gasteiger partial charge in [-0.1, -0.05) is 19.1 Å². The first-order valence-corrected chi connectivity index (χ1v) is 7.06. The van der Waals surface area contributed by atoms with E-state index in [4.69, 9.17) is 4.74 Å². The van der Waals surface area contributed by atoms with E-state index in [1.54, 1.807) is 7.11 Å². The molecule has 0 bridgehead atoms. The van der Waals surface area contributed by atoms with Gasteiger partial charge >= 0.3 is 0 Å². The van der Waals surface area contributed by atoms with E-state index in [0.717, 1.165) is 23.5 Å². The molecule has 0 heterocycles. The first kappa shape index (κ1) is 16.5. The van der Waals surface area contributed by atoms with Gasteiger partial charge in [0.25, 0.3) is 0 Å². The predicted molar refractivity (Wildman–Crippen MR) is 84.6 cm³/mol. The molecule has 0 aliphatic carbocycles. The van der Waals surface area contributed by atoms with E-state index in [1.807, 2.05) is 18.2 Å². The molecule has 20 heavy (non-hydrogen) atoms. The van der Waals surface area contributed by atoms with Gasteiger partial charge in [0.15, 0.2) is 0 Å². The van der Waals surface area contributed by atoms with Crippen molar-refractivity contribution in [1.29, 1.82) is 0 Å². The van der Waals surface area contributed by atoms with Crippen LogP contribution in [0.2, 0.25) is 0 Å². The summed E-state index contributed by atoms with van der Waals surface area (Å²) in [6, 6.07) is 6.18. The van der Waals surface area contributed by atoms with Crippen molar-refractivity contribution in [3.05, 3.63) is 36.4 Å². The van der Waals surface area contributed by atoms with Crippen LogP contribution in [0.15, 0.2) is 30.9 Å². The Morgan fingerprint density at radius 3 is 2.80 bits per heavy atom. The van der Waals surface area contributed by atoms with Crippen molar-refractivity contribution < 1.29 is 9.84 Å². The minimum atomic E-state index is 0.111. The third-order valence-electron chi connectivity index (χ3n) is 3.27. The third-order valence-corrected chi connectivity index (χ3v) is 3.27. The molecule has 0 saturated heterocycles.